The van der Waals surface area contributed by atoms with E-state index in [1.165, 1.54) is 56.7 Å². The molecule has 0 rings (SSSR count). The van der Waals surface area contributed by atoms with Gasteiger partial charge in [0, 0.05) is 5.57 Å². The number of esters is 1. The fourth-order valence-electron chi connectivity index (χ4n) is 2.58. The second kappa shape index (κ2) is 11.1. The molecule has 20 heavy (non-hydrogen) atoms. The third-order valence-corrected chi connectivity index (χ3v) is 9.01. The van der Waals surface area contributed by atoms with Crippen LogP contribution < -0.4 is 0 Å². The molecule has 0 fully saturated rings. The summed E-state index contributed by atoms with van der Waals surface area (Å²) in [7, 11) is -1.51. The summed E-state index contributed by atoms with van der Waals surface area (Å²) in [4.78, 5) is 11.9. The van der Waals surface area contributed by atoms with Gasteiger partial charge in [0.1, 0.15) is 0 Å². The minimum Gasteiger partial charge on any atom is -0.466 e. The van der Waals surface area contributed by atoms with Gasteiger partial charge >= 0.3 is 5.97 Å². The maximum atomic E-state index is 11.9. The zero-order valence-corrected chi connectivity index (χ0v) is 15.0. The van der Waals surface area contributed by atoms with Crippen LogP contribution in [0.2, 0.25) is 18.1 Å². The van der Waals surface area contributed by atoms with Crippen LogP contribution in [0, 0.1) is 0 Å². The molecule has 0 bridgehead atoms. The number of carbonyl (C=O) groups excluding carboxylic acids is 1. The van der Waals surface area contributed by atoms with Crippen molar-refractivity contribution in [2.45, 2.75) is 84.4 Å². The van der Waals surface area contributed by atoms with Gasteiger partial charge in [0.2, 0.25) is 0 Å². The Kier molecular flexibility index (Phi) is 9.72. The predicted molar refractivity (Wildman–Crippen MR) is 90.7 cm³/mol. The third-order valence-electron chi connectivity index (χ3n) is 4.01. The zero-order chi connectivity index (χ0) is 16.1. The van der Waals surface area contributed by atoms with Crippen LogP contribution in [-0.2, 0) is 9.53 Å². The molecular weight excluding hydrogens is 264 g/mol. The maximum absolute atomic E-state index is 11.9. The summed E-state index contributed by atoms with van der Waals surface area (Å²) in [6.45, 7) is 9.45. The predicted octanol–water partition coefficient (Wildman–Crippen LogP) is 5.49. The average Bonchev–Trinajstić information content (AvgIpc) is 2.52. The fourth-order valence-corrected chi connectivity index (χ4v) is 7.51. The normalized spacial score (nSPS) is 13.2. The summed E-state index contributed by atoms with van der Waals surface area (Å²) < 4.78 is 12.7. The highest BCUT2D eigenvalue weighted by Gasteiger charge is 2.32. The number of hydrogen-bond donors (Lipinski definition) is 0. The van der Waals surface area contributed by atoms with E-state index in [0.29, 0.717) is 11.8 Å². The molecule has 0 saturated heterocycles. The highest BCUT2D eigenvalue weighted by atomic mass is 28.3. The first-order chi connectivity index (χ1) is 10.0. The minimum absolute atomic E-state index is 0.300. The summed E-state index contributed by atoms with van der Waals surface area (Å²) in [5, 5.41) is 0. The van der Waals surface area contributed by atoms with Crippen molar-refractivity contribution in [3.05, 3.63) is 12.1 Å². The standard InChI is InChI=1S/C17H34O2Si/c1-6-9-12-20(13-10-7-2,14-11-8-3)15-19-17(18)16(4)5/h4,6-15H2,1-3,5H3/i4D. The molecule has 0 unspecified atom stereocenters. The molecule has 0 radical (unpaired) electrons. The number of carbonyl (C=O) groups is 1. The fraction of sp³-hybridized carbons (Fsp3) is 0.824. The lowest BCUT2D eigenvalue weighted by Crippen LogP contribution is -2.41. The molecule has 0 saturated carbocycles. The van der Waals surface area contributed by atoms with Crippen molar-refractivity contribution in [2.24, 2.45) is 0 Å². The largest absolute Gasteiger partial charge is 0.466 e. The molecule has 0 aromatic heterocycles. The van der Waals surface area contributed by atoms with Gasteiger partial charge in [-0.05, 0) is 6.92 Å². The van der Waals surface area contributed by atoms with E-state index in [-0.39, 0.29) is 5.97 Å². The maximum Gasteiger partial charge on any atom is 0.332 e. The van der Waals surface area contributed by atoms with E-state index in [2.05, 4.69) is 20.8 Å². The van der Waals surface area contributed by atoms with Gasteiger partial charge in [-0.25, -0.2) is 4.79 Å². The first kappa shape index (κ1) is 17.5. The van der Waals surface area contributed by atoms with Gasteiger partial charge < -0.3 is 4.74 Å². The Morgan fingerprint density at radius 1 is 1.05 bits per heavy atom. The first-order valence-electron chi connectivity index (χ1n) is 8.85. The van der Waals surface area contributed by atoms with E-state index in [1.807, 2.05) is 0 Å². The Hall–Kier alpha value is -0.573. The topological polar surface area (TPSA) is 26.3 Å². The number of ether oxygens (including phenoxy) is 1. The molecule has 0 aromatic carbocycles. The van der Waals surface area contributed by atoms with Gasteiger partial charge in [-0.2, -0.15) is 0 Å². The molecule has 2 nitrogen and oxygen atoms in total. The van der Waals surface area contributed by atoms with E-state index in [1.54, 1.807) is 6.92 Å². The van der Waals surface area contributed by atoms with Crippen molar-refractivity contribution in [2.75, 3.05) is 6.23 Å². The van der Waals surface area contributed by atoms with E-state index < -0.39 is 8.07 Å². The summed E-state index contributed by atoms with van der Waals surface area (Å²) in [6.07, 6.45) is 8.06. The molecule has 0 heterocycles. The van der Waals surface area contributed by atoms with Crippen LogP contribution >= 0.6 is 0 Å². The van der Waals surface area contributed by atoms with Gasteiger partial charge in [-0.3, -0.25) is 0 Å². The third kappa shape index (κ3) is 7.88. The highest BCUT2D eigenvalue weighted by molar-refractivity contribution is 6.79. The monoisotopic (exact) mass is 299 g/mol. The Morgan fingerprint density at radius 3 is 1.85 bits per heavy atom. The van der Waals surface area contributed by atoms with E-state index in [4.69, 9.17) is 6.11 Å². The van der Waals surface area contributed by atoms with Gasteiger partial charge in [-0.1, -0.05) is 84.0 Å². The second-order valence-electron chi connectivity index (χ2n) is 6.07. The molecule has 0 aliphatic carbocycles. The molecule has 118 valence electrons. The second-order valence-corrected chi connectivity index (χ2v) is 10.9. The molecule has 0 aliphatic heterocycles. The van der Waals surface area contributed by atoms with E-state index >= 15 is 0 Å². The van der Waals surface area contributed by atoms with Crippen molar-refractivity contribution in [3.8, 4) is 0 Å². The Balaban J connectivity index is 4.81. The lowest BCUT2D eigenvalue weighted by molar-refractivity contribution is -0.137. The number of hydrogen-bond acceptors (Lipinski definition) is 2. The molecule has 0 atom stereocenters. The molecule has 0 aliphatic rings. The zero-order valence-electron chi connectivity index (χ0n) is 15.0. The summed E-state index contributed by atoms with van der Waals surface area (Å²) in [5.41, 5.74) is 0.402. The van der Waals surface area contributed by atoms with Crippen molar-refractivity contribution in [1.29, 1.82) is 0 Å². The van der Waals surface area contributed by atoms with Crippen LogP contribution in [0.4, 0.5) is 0 Å². The molecule has 3 heteroatoms. The molecule has 0 spiro atoms. The Labute approximate surface area is 128 Å². The van der Waals surface area contributed by atoms with Gasteiger partial charge in [-0.15, -0.1) is 0 Å². The average molecular weight is 300 g/mol. The number of rotatable bonds is 12. The van der Waals surface area contributed by atoms with Crippen LogP contribution in [0.15, 0.2) is 12.1 Å². The minimum atomic E-state index is -1.51. The van der Waals surface area contributed by atoms with Gasteiger partial charge in [0.25, 0.3) is 0 Å². The first-order valence-corrected chi connectivity index (χ1v) is 11.1. The molecule has 0 amide bonds. The quantitative estimate of drug-likeness (QED) is 0.270. The Morgan fingerprint density at radius 2 is 1.50 bits per heavy atom. The van der Waals surface area contributed by atoms with Crippen LogP contribution in [0.25, 0.3) is 0 Å². The smallest absolute Gasteiger partial charge is 0.332 e. The summed E-state index contributed by atoms with van der Waals surface area (Å²) in [6, 6.07) is 3.83. The lowest BCUT2D eigenvalue weighted by Gasteiger charge is -2.31. The van der Waals surface area contributed by atoms with Crippen molar-refractivity contribution < 1.29 is 10.9 Å². The summed E-state index contributed by atoms with van der Waals surface area (Å²) >= 11 is 0. The van der Waals surface area contributed by atoms with Crippen LogP contribution in [0.3, 0.4) is 0 Å². The van der Waals surface area contributed by atoms with Gasteiger partial charge in [0.05, 0.1) is 15.7 Å². The number of unbranched alkanes of at least 4 members (excludes halogenated alkanes) is 3. The van der Waals surface area contributed by atoms with Crippen molar-refractivity contribution in [1.82, 2.24) is 0 Å². The lowest BCUT2D eigenvalue weighted by atomic mass is 10.4. The molecule has 0 N–H and O–H groups in total. The Bertz CT molecular complexity index is 294. The van der Waals surface area contributed by atoms with Crippen molar-refractivity contribution in [3.63, 3.8) is 0 Å². The van der Waals surface area contributed by atoms with Crippen LogP contribution in [-0.4, -0.2) is 20.3 Å². The van der Waals surface area contributed by atoms with Crippen LogP contribution in [0.5, 0.6) is 0 Å². The molecular formula is C17H34O2Si. The van der Waals surface area contributed by atoms with Crippen LogP contribution in [0.1, 0.15) is 67.6 Å². The van der Waals surface area contributed by atoms with Gasteiger partial charge in [0.15, 0.2) is 0 Å². The van der Waals surface area contributed by atoms with E-state index in [0.717, 1.165) is 6.55 Å². The summed E-state index contributed by atoms with van der Waals surface area (Å²) in [5.74, 6) is -0.300. The molecule has 0 aromatic rings. The van der Waals surface area contributed by atoms with E-state index in [9.17, 15) is 4.79 Å². The highest BCUT2D eigenvalue weighted by Crippen LogP contribution is 2.29. The SMILES string of the molecule is [2H]C=C(C)C(=O)OC[Si](CCCC)(CCCC)CCCC. The van der Waals surface area contributed by atoms with Crippen molar-refractivity contribution >= 4 is 14.0 Å².